The molecule has 3 aromatic heterocycles. The Bertz CT molecular complexity index is 1170. The summed E-state index contributed by atoms with van der Waals surface area (Å²) >= 11 is 0. The number of fused-ring (bicyclic) bond motifs is 5. The molecule has 0 fully saturated rings. The Labute approximate surface area is 131 Å². The Balaban J connectivity index is 1.82. The fourth-order valence-corrected chi connectivity index (χ4v) is 3.12. The third-order valence-electron chi connectivity index (χ3n) is 4.24. The number of aromatic amines is 1. The van der Waals surface area contributed by atoms with Gasteiger partial charge in [-0.15, -0.1) is 0 Å². The van der Waals surface area contributed by atoms with Crippen molar-refractivity contribution in [3.63, 3.8) is 0 Å². The molecule has 0 saturated heterocycles. The maximum atomic E-state index is 13.1. The summed E-state index contributed by atoms with van der Waals surface area (Å²) in [5, 5.41) is 2.35. The van der Waals surface area contributed by atoms with Crippen LogP contribution in [-0.4, -0.2) is 14.4 Å². The van der Waals surface area contributed by atoms with Crippen LogP contribution in [0.15, 0.2) is 67.0 Å². The largest absolute Gasteiger partial charge is 0.351 e. The number of halogens is 1. The third kappa shape index (κ3) is 1.78. The van der Waals surface area contributed by atoms with Gasteiger partial charge in [-0.2, -0.15) is 0 Å². The number of benzene rings is 2. The van der Waals surface area contributed by atoms with Crippen LogP contribution in [0.25, 0.3) is 38.7 Å². The predicted octanol–water partition coefficient (Wildman–Crippen LogP) is 4.77. The summed E-state index contributed by atoms with van der Waals surface area (Å²) in [6, 6.07) is 16.7. The summed E-state index contributed by atoms with van der Waals surface area (Å²) < 4.78 is 15.1. The molecule has 1 N–H and O–H groups in total. The van der Waals surface area contributed by atoms with Gasteiger partial charge in [-0.05, 0) is 36.4 Å². The van der Waals surface area contributed by atoms with E-state index in [4.69, 9.17) is 4.98 Å². The number of imidazole rings is 1. The summed E-state index contributed by atoms with van der Waals surface area (Å²) in [5.74, 6) is -0.240. The zero-order valence-corrected chi connectivity index (χ0v) is 12.1. The summed E-state index contributed by atoms with van der Waals surface area (Å²) in [7, 11) is 0. The van der Waals surface area contributed by atoms with Gasteiger partial charge in [0.15, 0.2) is 5.65 Å². The van der Waals surface area contributed by atoms with E-state index >= 15 is 0 Å². The Morgan fingerprint density at radius 3 is 2.61 bits per heavy atom. The number of H-pyrrole nitrogens is 1. The highest BCUT2D eigenvalue weighted by molar-refractivity contribution is 6.11. The zero-order valence-electron chi connectivity index (χ0n) is 12.1. The van der Waals surface area contributed by atoms with Gasteiger partial charge >= 0.3 is 0 Å². The van der Waals surface area contributed by atoms with Gasteiger partial charge in [0.1, 0.15) is 5.82 Å². The molecule has 2 aromatic carbocycles. The maximum absolute atomic E-state index is 13.1. The lowest BCUT2D eigenvalue weighted by molar-refractivity contribution is 0.628. The molecular weight excluding hydrogens is 289 g/mol. The molecule has 5 aromatic rings. The van der Waals surface area contributed by atoms with Crippen LogP contribution in [-0.2, 0) is 0 Å². The highest BCUT2D eigenvalue weighted by Crippen LogP contribution is 2.29. The van der Waals surface area contributed by atoms with Crippen molar-refractivity contribution in [3.05, 3.63) is 72.8 Å². The zero-order chi connectivity index (χ0) is 15.4. The molecule has 0 atom stereocenters. The lowest BCUT2D eigenvalue weighted by Gasteiger charge is -1.94. The van der Waals surface area contributed by atoms with E-state index in [1.54, 1.807) is 12.1 Å². The number of nitrogens with one attached hydrogen (secondary N) is 1. The van der Waals surface area contributed by atoms with E-state index in [1.165, 1.54) is 17.5 Å². The van der Waals surface area contributed by atoms with Crippen LogP contribution in [0.1, 0.15) is 0 Å². The first-order valence-corrected chi connectivity index (χ1v) is 7.44. The highest BCUT2D eigenvalue weighted by Gasteiger charge is 2.11. The Morgan fingerprint density at radius 2 is 1.74 bits per heavy atom. The number of aromatic nitrogens is 3. The molecule has 5 rings (SSSR count). The Hall–Kier alpha value is -3.14. The van der Waals surface area contributed by atoms with Crippen molar-refractivity contribution < 1.29 is 4.39 Å². The molecule has 3 heterocycles. The van der Waals surface area contributed by atoms with Crippen LogP contribution in [0.4, 0.5) is 4.39 Å². The molecule has 0 amide bonds. The third-order valence-corrected chi connectivity index (χ3v) is 4.24. The molecule has 4 heteroatoms. The van der Waals surface area contributed by atoms with E-state index in [0.717, 1.165) is 33.3 Å². The van der Waals surface area contributed by atoms with Gasteiger partial charge in [-0.1, -0.05) is 18.2 Å². The molecule has 0 aliphatic carbocycles. The summed E-state index contributed by atoms with van der Waals surface area (Å²) in [6.07, 6.45) is 3.98. The van der Waals surface area contributed by atoms with Crippen LogP contribution in [0.2, 0.25) is 0 Å². The SMILES string of the molecule is Fc1ccc(-c2cn3ccc4c5ccccc5[nH]c4c3n2)cc1. The standard InChI is InChI=1S/C19H12FN3/c20-13-7-5-12(6-8-13)17-11-23-10-9-15-14-3-1-2-4-16(14)21-18(15)19(23)22-17/h1-11,21H. The fraction of sp³-hybridized carbons (Fsp3) is 0. The molecule has 0 aliphatic rings. The second-order valence-corrected chi connectivity index (χ2v) is 5.64. The summed E-state index contributed by atoms with van der Waals surface area (Å²) in [5.41, 5.74) is 4.72. The number of pyridine rings is 1. The number of para-hydroxylation sites is 1. The minimum Gasteiger partial charge on any atom is -0.351 e. The van der Waals surface area contributed by atoms with E-state index < -0.39 is 0 Å². The van der Waals surface area contributed by atoms with Crippen molar-refractivity contribution in [2.75, 3.05) is 0 Å². The van der Waals surface area contributed by atoms with Crippen molar-refractivity contribution in [2.45, 2.75) is 0 Å². The first kappa shape index (κ1) is 12.4. The fourth-order valence-electron chi connectivity index (χ4n) is 3.12. The lowest BCUT2D eigenvalue weighted by Crippen LogP contribution is -1.82. The molecular formula is C19H12FN3. The van der Waals surface area contributed by atoms with Crippen LogP contribution in [0.3, 0.4) is 0 Å². The van der Waals surface area contributed by atoms with E-state index in [-0.39, 0.29) is 5.82 Å². The molecule has 110 valence electrons. The van der Waals surface area contributed by atoms with E-state index in [1.807, 2.05) is 28.9 Å². The molecule has 0 unspecified atom stereocenters. The van der Waals surface area contributed by atoms with Gasteiger partial charge in [0.25, 0.3) is 0 Å². The van der Waals surface area contributed by atoms with E-state index in [2.05, 4.69) is 23.2 Å². The summed E-state index contributed by atoms with van der Waals surface area (Å²) in [4.78, 5) is 8.20. The molecule has 0 saturated carbocycles. The average Bonchev–Trinajstić information content (AvgIpc) is 3.16. The van der Waals surface area contributed by atoms with Gasteiger partial charge in [-0.25, -0.2) is 9.37 Å². The first-order valence-electron chi connectivity index (χ1n) is 7.44. The molecule has 0 spiro atoms. The number of rotatable bonds is 1. The average molecular weight is 301 g/mol. The highest BCUT2D eigenvalue weighted by atomic mass is 19.1. The van der Waals surface area contributed by atoms with Gasteiger partial charge in [0.2, 0.25) is 0 Å². The van der Waals surface area contributed by atoms with Crippen LogP contribution >= 0.6 is 0 Å². The maximum Gasteiger partial charge on any atom is 0.161 e. The molecule has 0 radical (unpaired) electrons. The van der Waals surface area contributed by atoms with Crippen molar-refractivity contribution in [1.29, 1.82) is 0 Å². The normalized spacial score (nSPS) is 11.7. The van der Waals surface area contributed by atoms with E-state index in [0.29, 0.717) is 0 Å². The van der Waals surface area contributed by atoms with Gasteiger partial charge in [-0.3, -0.25) is 0 Å². The molecule has 23 heavy (non-hydrogen) atoms. The van der Waals surface area contributed by atoms with Crippen molar-refractivity contribution in [3.8, 4) is 11.3 Å². The topological polar surface area (TPSA) is 33.1 Å². The molecule has 0 aliphatic heterocycles. The summed E-state index contributed by atoms with van der Waals surface area (Å²) in [6.45, 7) is 0. The Kier molecular flexibility index (Phi) is 2.39. The quantitative estimate of drug-likeness (QED) is 0.475. The van der Waals surface area contributed by atoms with Gasteiger partial charge < -0.3 is 9.38 Å². The molecule has 3 nitrogen and oxygen atoms in total. The minimum atomic E-state index is -0.240. The Morgan fingerprint density at radius 1 is 0.913 bits per heavy atom. The number of nitrogens with zero attached hydrogens (tertiary/aromatic N) is 2. The number of hydrogen-bond donors (Lipinski definition) is 1. The monoisotopic (exact) mass is 301 g/mol. The first-order chi connectivity index (χ1) is 11.3. The van der Waals surface area contributed by atoms with Crippen LogP contribution < -0.4 is 0 Å². The van der Waals surface area contributed by atoms with Gasteiger partial charge in [0.05, 0.1) is 11.2 Å². The second kappa shape index (κ2) is 4.43. The van der Waals surface area contributed by atoms with Crippen LogP contribution in [0, 0.1) is 5.82 Å². The molecule has 0 bridgehead atoms. The lowest BCUT2D eigenvalue weighted by atomic mass is 10.2. The number of hydrogen-bond acceptors (Lipinski definition) is 1. The second-order valence-electron chi connectivity index (χ2n) is 5.64. The van der Waals surface area contributed by atoms with Crippen molar-refractivity contribution in [1.82, 2.24) is 14.4 Å². The van der Waals surface area contributed by atoms with Crippen molar-refractivity contribution in [2.24, 2.45) is 0 Å². The minimum absolute atomic E-state index is 0.240. The van der Waals surface area contributed by atoms with E-state index in [9.17, 15) is 4.39 Å². The van der Waals surface area contributed by atoms with Crippen molar-refractivity contribution >= 4 is 27.5 Å². The predicted molar refractivity (Wildman–Crippen MR) is 89.9 cm³/mol. The smallest absolute Gasteiger partial charge is 0.161 e. The van der Waals surface area contributed by atoms with Gasteiger partial charge in [0, 0.05) is 34.2 Å². The van der Waals surface area contributed by atoms with Crippen LogP contribution in [0.5, 0.6) is 0 Å².